The number of hydrogen-bond acceptors (Lipinski definition) is 7. The molecule has 182 valence electrons. The van der Waals surface area contributed by atoms with Crippen molar-refractivity contribution in [2.24, 2.45) is 4.99 Å². The molecule has 0 bridgehead atoms. The van der Waals surface area contributed by atoms with Crippen molar-refractivity contribution >= 4 is 28.4 Å². The number of nitrogens with one attached hydrogen (secondary N) is 2. The Morgan fingerprint density at radius 1 is 1.14 bits per heavy atom. The van der Waals surface area contributed by atoms with Crippen LogP contribution in [0.5, 0.6) is 5.75 Å². The molecule has 2 heterocycles. The molecular formula is C26H31N7O2. The SMILES string of the molecule is Cc1cccc(C)c1NC(=NCCC#N)Nc1ncnc2cc(OCCN3CCOCC3)ccc12. The molecule has 4 rings (SSSR count). The van der Waals surface area contributed by atoms with E-state index >= 15 is 0 Å². The van der Waals surface area contributed by atoms with Crippen LogP contribution in [0.25, 0.3) is 10.9 Å². The zero-order valence-electron chi connectivity index (χ0n) is 20.3. The molecule has 0 saturated carbocycles. The van der Waals surface area contributed by atoms with Crippen molar-refractivity contribution in [1.82, 2.24) is 14.9 Å². The highest BCUT2D eigenvalue weighted by molar-refractivity contribution is 6.07. The fourth-order valence-electron chi connectivity index (χ4n) is 3.91. The predicted molar refractivity (Wildman–Crippen MR) is 138 cm³/mol. The van der Waals surface area contributed by atoms with Gasteiger partial charge in [0.15, 0.2) is 0 Å². The van der Waals surface area contributed by atoms with Crippen LogP contribution in [0.3, 0.4) is 0 Å². The molecule has 0 aliphatic carbocycles. The first-order chi connectivity index (χ1) is 17.1. The average Bonchev–Trinajstić information content (AvgIpc) is 2.87. The smallest absolute Gasteiger partial charge is 0.201 e. The Bertz CT molecular complexity index is 1200. The maximum Gasteiger partial charge on any atom is 0.201 e. The molecule has 1 aromatic heterocycles. The molecular weight excluding hydrogens is 442 g/mol. The minimum Gasteiger partial charge on any atom is -0.492 e. The maximum atomic E-state index is 8.95. The number of aliphatic imine (C=N–C) groups is 1. The van der Waals surface area contributed by atoms with E-state index in [4.69, 9.17) is 14.7 Å². The van der Waals surface area contributed by atoms with Gasteiger partial charge in [-0.05, 0) is 37.1 Å². The van der Waals surface area contributed by atoms with Gasteiger partial charge in [-0.3, -0.25) is 9.89 Å². The second kappa shape index (κ2) is 12.1. The van der Waals surface area contributed by atoms with Gasteiger partial charge in [0.2, 0.25) is 5.96 Å². The summed E-state index contributed by atoms with van der Waals surface area (Å²) < 4.78 is 11.4. The third kappa shape index (κ3) is 6.66. The molecule has 9 nitrogen and oxygen atoms in total. The fraction of sp³-hybridized carbons (Fsp3) is 0.385. The van der Waals surface area contributed by atoms with Crippen molar-refractivity contribution in [2.75, 3.05) is 56.6 Å². The van der Waals surface area contributed by atoms with Crippen LogP contribution in [0.15, 0.2) is 47.7 Å². The summed E-state index contributed by atoms with van der Waals surface area (Å²) in [6, 6.07) is 14.1. The third-order valence-electron chi connectivity index (χ3n) is 5.84. The summed E-state index contributed by atoms with van der Waals surface area (Å²) in [5.74, 6) is 1.93. The zero-order chi connectivity index (χ0) is 24.5. The molecule has 1 saturated heterocycles. The van der Waals surface area contributed by atoms with E-state index in [2.05, 4.69) is 36.6 Å². The van der Waals surface area contributed by atoms with Gasteiger partial charge in [0.1, 0.15) is 24.5 Å². The topological polar surface area (TPSA) is 108 Å². The summed E-state index contributed by atoms with van der Waals surface area (Å²) in [4.78, 5) is 15.8. The molecule has 0 amide bonds. The minimum absolute atomic E-state index is 0.329. The summed E-state index contributed by atoms with van der Waals surface area (Å²) in [6.45, 7) is 9.38. The molecule has 2 N–H and O–H groups in total. The summed E-state index contributed by atoms with van der Waals surface area (Å²) >= 11 is 0. The lowest BCUT2D eigenvalue weighted by Gasteiger charge is -2.26. The lowest BCUT2D eigenvalue weighted by atomic mass is 10.1. The summed E-state index contributed by atoms with van der Waals surface area (Å²) in [7, 11) is 0. The van der Waals surface area contributed by atoms with Crippen LogP contribution in [-0.4, -0.2) is 66.8 Å². The Labute approximate surface area is 205 Å². The van der Waals surface area contributed by atoms with E-state index in [9.17, 15) is 0 Å². The molecule has 1 aliphatic rings. The molecule has 0 radical (unpaired) electrons. The summed E-state index contributed by atoms with van der Waals surface area (Å²) in [5, 5.41) is 16.5. The van der Waals surface area contributed by atoms with Crippen LogP contribution in [0.4, 0.5) is 11.5 Å². The molecule has 1 fully saturated rings. The van der Waals surface area contributed by atoms with Crippen LogP contribution in [0, 0.1) is 25.2 Å². The number of hydrogen-bond donors (Lipinski definition) is 2. The first-order valence-electron chi connectivity index (χ1n) is 11.8. The second-order valence-corrected chi connectivity index (χ2v) is 8.36. The van der Waals surface area contributed by atoms with Crippen LogP contribution < -0.4 is 15.4 Å². The number of morpholine rings is 1. The van der Waals surface area contributed by atoms with Gasteiger partial charge in [0.05, 0.1) is 37.8 Å². The lowest BCUT2D eigenvalue weighted by molar-refractivity contribution is 0.0322. The van der Waals surface area contributed by atoms with Crippen molar-refractivity contribution in [3.8, 4) is 11.8 Å². The fourth-order valence-corrected chi connectivity index (χ4v) is 3.91. The van der Waals surface area contributed by atoms with Gasteiger partial charge in [-0.2, -0.15) is 5.26 Å². The number of ether oxygens (including phenoxy) is 2. The molecule has 2 aromatic carbocycles. The molecule has 35 heavy (non-hydrogen) atoms. The van der Waals surface area contributed by atoms with Gasteiger partial charge in [0, 0.05) is 36.8 Å². The second-order valence-electron chi connectivity index (χ2n) is 8.36. The number of fused-ring (bicyclic) bond motifs is 1. The maximum absolute atomic E-state index is 8.95. The number of aromatic nitrogens is 2. The third-order valence-corrected chi connectivity index (χ3v) is 5.84. The van der Waals surface area contributed by atoms with Crippen LogP contribution >= 0.6 is 0 Å². The van der Waals surface area contributed by atoms with E-state index in [-0.39, 0.29) is 0 Å². The van der Waals surface area contributed by atoms with E-state index in [1.165, 1.54) is 6.33 Å². The Hall–Kier alpha value is -3.74. The lowest BCUT2D eigenvalue weighted by Crippen LogP contribution is -2.38. The first-order valence-corrected chi connectivity index (χ1v) is 11.8. The van der Waals surface area contributed by atoms with Crippen molar-refractivity contribution in [3.63, 3.8) is 0 Å². The quantitative estimate of drug-likeness (QED) is 0.289. The number of anilines is 2. The van der Waals surface area contributed by atoms with E-state index in [1.807, 2.05) is 50.2 Å². The van der Waals surface area contributed by atoms with Crippen LogP contribution in [0.2, 0.25) is 0 Å². The largest absolute Gasteiger partial charge is 0.492 e. The molecule has 0 unspecified atom stereocenters. The number of nitrogens with zero attached hydrogens (tertiary/aromatic N) is 5. The zero-order valence-corrected chi connectivity index (χ0v) is 20.3. The van der Waals surface area contributed by atoms with Crippen LogP contribution in [-0.2, 0) is 4.74 Å². The normalized spacial score (nSPS) is 14.5. The first kappa shape index (κ1) is 24.4. The van der Waals surface area contributed by atoms with Gasteiger partial charge in [-0.25, -0.2) is 9.97 Å². The molecule has 0 spiro atoms. The minimum atomic E-state index is 0.329. The number of aryl methyl sites for hydroxylation is 2. The van der Waals surface area contributed by atoms with Gasteiger partial charge in [0.25, 0.3) is 0 Å². The number of nitriles is 1. The van der Waals surface area contributed by atoms with Gasteiger partial charge < -0.3 is 20.1 Å². The summed E-state index contributed by atoms with van der Waals surface area (Å²) in [5.41, 5.74) is 3.96. The van der Waals surface area contributed by atoms with E-state index in [0.29, 0.717) is 31.3 Å². The average molecular weight is 474 g/mol. The molecule has 1 aliphatic heterocycles. The van der Waals surface area contributed by atoms with Gasteiger partial charge in [-0.15, -0.1) is 0 Å². The van der Waals surface area contributed by atoms with E-state index in [1.54, 1.807) is 0 Å². The highest BCUT2D eigenvalue weighted by atomic mass is 16.5. The Kier molecular flexibility index (Phi) is 8.44. The van der Waals surface area contributed by atoms with Crippen molar-refractivity contribution in [1.29, 1.82) is 5.26 Å². The Morgan fingerprint density at radius 2 is 1.94 bits per heavy atom. The van der Waals surface area contributed by atoms with Gasteiger partial charge >= 0.3 is 0 Å². The number of guanidine groups is 1. The molecule has 3 aromatic rings. The predicted octanol–water partition coefficient (Wildman–Crippen LogP) is 3.75. The Morgan fingerprint density at radius 3 is 2.71 bits per heavy atom. The van der Waals surface area contributed by atoms with Crippen molar-refractivity contribution in [2.45, 2.75) is 20.3 Å². The molecule has 9 heteroatoms. The monoisotopic (exact) mass is 473 g/mol. The van der Waals surface area contributed by atoms with Gasteiger partial charge in [-0.1, -0.05) is 18.2 Å². The number of rotatable bonds is 8. The standard InChI is InChI=1S/C26H31N7O2/c1-19-5-3-6-20(2)24(19)31-26(28-10-4-9-27)32-25-22-8-7-21(17-23(22)29-18-30-25)35-16-13-33-11-14-34-15-12-33/h3,5-8,17-18H,4,10-16H2,1-2H3,(H2,28,29,30,31,32). The van der Waals surface area contributed by atoms with E-state index in [0.717, 1.165) is 66.3 Å². The van der Waals surface area contributed by atoms with Crippen molar-refractivity contribution < 1.29 is 9.47 Å². The molecule has 0 atom stereocenters. The highest BCUT2D eigenvalue weighted by Gasteiger charge is 2.12. The number of para-hydroxylation sites is 1. The Balaban J connectivity index is 1.49. The van der Waals surface area contributed by atoms with Crippen molar-refractivity contribution in [3.05, 3.63) is 53.9 Å². The highest BCUT2D eigenvalue weighted by Crippen LogP contribution is 2.25. The van der Waals surface area contributed by atoms with E-state index < -0.39 is 0 Å². The summed E-state index contributed by atoms with van der Waals surface area (Å²) in [6.07, 6.45) is 1.85. The number of benzene rings is 2. The van der Waals surface area contributed by atoms with Crippen LogP contribution in [0.1, 0.15) is 17.5 Å².